The molecule has 9 nitrogen and oxygen atoms in total. The number of benzene rings is 1. The largest absolute Gasteiger partial charge is 0.449 e. The van der Waals surface area contributed by atoms with E-state index in [0.717, 1.165) is 13.1 Å². The topological polar surface area (TPSA) is 101 Å². The van der Waals surface area contributed by atoms with E-state index < -0.39 is 35.0 Å². The van der Waals surface area contributed by atoms with Crippen LogP contribution in [0.3, 0.4) is 0 Å². The minimum Gasteiger partial charge on any atom is -0.372 e. The summed E-state index contributed by atoms with van der Waals surface area (Å²) >= 11 is 5.87. The number of fused-ring (bicyclic) bond motifs is 1. The van der Waals surface area contributed by atoms with Gasteiger partial charge in [-0.25, -0.2) is 19.3 Å². The Bertz CT molecular complexity index is 1540. The Morgan fingerprint density at radius 1 is 1.14 bits per heavy atom. The lowest BCUT2D eigenvalue weighted by Gasteiger charge is -2.27. The second kappa shape index (κ2) is 8.89. The predicted molar refractivity (Wildman–Crippen MR) is 120 cm³/mol. The molecule has 1 aromatic carbocycles. The maximum atomic E-state index is 14.9. The van der Waals surface area contributed by atoms with Crippen LogP contribution in [0.4, 0.5) is 17.6 Å². The summed E-state index contributed by atoms with van der Waals surface area (Å²) in [4.78, 5) is 26.8. The van der Waals surface area contributed by atoms with Crippen molar-refractivity contribution in [1.29, 1.82) is 0 Å². The van der Waals surface area contributed by atoms with Crippen LogP contribution in [0.1, 0.15) is 42.2 Å². The van der Waals surface area contributed by atoms with Gasteiger partial charge in [-0.2, -0.15) is 28.2 Å². The average molecular weight is 524 g/mol. The molecule has 1 aliphatic heterocycles. The van der Waals surface area contributed by atoms with Crippen LogP contribution in [-0.4, -0.2) is 41.1 Å². The summed E-state index contributed by atoms with van der Waals surface area (Å²) in [6.45, 7) is 0.321. The van der Waals surface area contributed by atoms with Crippen molar-refractivity contribution in [2.75, 3.05) is 6.61 Å². The van der Waals surface area contributed by atoms with Crippen molar-refractivity contribution in [1.82, 2.24) is 34.5 Å². The van der Waals surface area contributed by atoms with E-state index in [4.69, 9.17) is 16.3 Å². The molecule has 188 valence electrons. The van der Waals surface area contributed by atoms with Crippen LogP contribution in [-0.2, 0) is 25.0 Å². The Balaban J connectivity index is 1.71. The molecule has 0 aliphatic carbocycles. The first-order valence-electron chi connectivity index (χ1n) is 10.8. The van der Waals surface area contributed by atoms with Gasteiger partial charge in [-0.05, 0) is 31.0 Å². The Morgan fingerprint density at radius 2 is 1.92 bits per heavy atom. The average Bonchev–Trinajstić information content (AvgIpc) is 3.26. The number of ether oxygens (including phenoxy) is 1. The third-order valence-corrected chi connectivity index (χ3v) is 6.22. The first kappa shape index (κ1) is 24.3. The number of nitrogens with zero attached hydrogens (tertiary/aromatic N) is 7. The van der Waals surface area contributed by atoms with Crippen LogP contribution in [0.25, 0.3) is 22.3 Å². The molecule has 14 heteroatoms. The quantitative estimate of drug-likeness (QED) is 0.375. The van der Waals surface area contributed by atoms with Crippen LogP contribution < -0.4 is 5.56 Å². The fraction of sp³-hybridized carbons (Fsp3) is 0.364. The van der Waals surface area contributed by atoms with Crippen molar-refractivity contribution in [3.05, 3.63) is 62.9 Å². The fourth-order valence-electron chi connectivity index (χ4n) is 4.22. The molecular formula is C22H18ClF4N7O2. The highest BCUT2D eigenvalue weighted by Gasteiger charge is 2.38. The van der Waals surface area contributed by atoms with E-state index >= 15 is 0 Å². The monoisotopic (exact) mass is 523 g/mol. The number of rotatable bonds is 3. The van der Waals surface area contributed by atoms with E-state index in [1.54, 1.807) is 13.2 Å². The summed E-state index contributed by atoms with van der Waals surface area (Å²) in [7, 11) is 2.63. The zero-order chi connectivity index (χ0) is 25.8. The SMILES string of the molecule is Cn1ncc([C@@H]2C[C@H](c3nc(-c4ccc(Cl)cc4F)c4nc(C(F)(F)F)n(C)c(=O)c4n3)CCO2)n1. The molecule has 0 spiro atoms. The molecule has 2 atom stereocenters. The van der Waals surface area contributed by atoms with Gasteiger partial charge in [-0.3, -0.25) is 9.36 Å². The van der Waals surface area contributed by atoms with Gasteiger partial charge in [0, 0.05) is 37.2 Å². The van der Waals surface area contributed by atoms with E-state index in [-0.39, 0.29) is 33.5 Å². The molecule has 0 radical (unpaired) electrons. The Hall–Kier alpha value is -3.45. The number of hydrogen-bond acceptors (Lipinski definition) is 7. The molecular weight excluding hydrogens is 506 g/mol. The molecule has 0 bridgehead atoms. The van der Waals surface area contributed by atoms with Crippen LogP contribution in [0.2, 0.25) is 5.02 Å². The van der Waals surface area contributed by atoms with Crippen molar-refractivity contribution in [2.45, 2.75) is 31.0 Å². The van der Waals surface area contributed by atoms with Gasteiger partial charge in [-0.1, -0.05) is 11.6 Å². The molecule has 0 saturated carbocycles. The second-order valence-corrected chi connectivity index (χ2v) is 8.83. The summed E-state index contributed by atoms with van der Waals surface area (Å²) in [5.41, 5.74) is -1.60. The summed E-state index contributed by atoms with van der Waals surface area (Å²) in [6, 6.07) is 3.66. The van der Waals surface area contributed by atoms with Crippen LogP contribution in [0.5, 0.6) is 0 Å². The Labute approximate surface area is 205 Å². The van der Waals surface area contributed by atoms with E-state index in [0.29, 0.717) is 29.7 Å². The summed E-state index contributed by atoms with van der Waals surface area (Å²) in [5.74, 6) is -2.45. The molecule has 1 saturated heterocycles. The molecule has 3 aromatic heterocycles. The van der Waals surface area contributed by atoms with Gasteiger partial charge in [0.25, 0.3) is 5.56 Å². The van der Waals surface area contributed by atoms with Gasteiger partial charge in [0.2, 0.25) is 5.82 Å². The van der Waals surface area contributed by atoms with E-state index in [1.807, 2.05) is 0 Å². The number of hydrogen-bond donors (Lipinski definition) is 0. The number of alkyl halides is 3. The first-order valence-corrected chi connectivity index (χ1v) is 11.2. The van der Waals surface area contributed by atoms with Crippen molar-refractivity contribution in [2.24, 2.45) is 14.1 Å². The molecule has 36 heavy (non-hydrogen) atoms. The Kier molecular flexibility index (Phi) is 5.99. The standard InChI is InChI=1S/C22H18ClF4N7O2/c1-33-20(35)18-17(31-21(33)22(25,26)27)16(12-4-3-11(23)8-13(12)24)29-19(30-18)10-5-6-36-15(7-10)14-9-28-34(2)32-14/h3-4,8-10,15H,5-7H2,1-2H3/t10-,15+/m1/s1. The highest BCUT2D eigenvalue weighted by Crippen LogP contribution is 2.38. The van der Waals surface area contributed by atoms with Crippen LogP contribution in [0, 0.1) is 5.82 Å². The smallest absolute Gasteiger partial charge is 0.372 e. The molecule has 4 aromatic rings. The van der Waals surface area contributed by atoms with Gasteiger partial charge < -0.3 is 4.74 Å². The normalized spacial score (nSPS) is 18.6. The maximum Gasteiger partial charge on any atom is 0.449 e. The highest BCUT2D eigenvalue weighted by molar-refractivity contribution is 6.30. The molecule has 1 aliphatic rings. The van der Waals surface area contributed by atoms with Crippen molar-refractivity contribution < 1.29 is 22.3 Å². The van der Waals surface area contributed by atoms with E-state index in [1.165, 1.54) is 16.9 Å². The minimum absolute atomic E-state index is 0.0888. The predicted octanol–water partition coefficient (Wildman–Crippen LogP) is 3.97. The molecule has 0 unspecified atom stereocenters. The molecule has 5 rings (SSSR count). The number of aryl methyl sites for hydroxylation is 1. The lowest BCUT2D eigenvalue weighted by Crippen LogP contribution is -2.29. The second-order valence-electron chi connectivity index (χ2n) is 8.39. The van der Waals surface area contributed by atoms with Crippen LogP contribution >= 0.6 is 11.6 Å². The third-order valence-electron chi connectivity index (χ3n) is 5.98. The van der Waals surface area contributed by atoms with Crippen LogP contribution in [0.15, 0.2) is 29.2 Å². The van der Waals surface area contributed by atoms with Gasteiger partial charge in [-0.15, -0.1) is 0 Å². The van der Waals surface area contributed by atoms with E-state index in [2.05, 4.69) is 25.1 Å². The van der Waals surface area contributed by atoms with E-state index in [9.17, 15) is 22.4 Å². The lowest BCUT2D eigenvalue weighted by molar-refractivity contribution is -0.147. The highest BCUT2D eigenvalue weighted by atomic mass is 35.5. The van der Waals surface area contributed by atoms with Gasteiger partial charge in [0.05, 0.1) is 6.20 Å². The zero-order valence-corrected chi connectivity index (χ0v) is 19.7. The van der Waals surface area contributed by atoms with Gasteiger partial charge in [0.15, 0.2) is 5.52 Å². The van der Waals surface area contributed by atoms with Crippen molar-refractivity contribution in [3.8, 4) is 11.3 Å². The molecule has 0 N–H and O–H groups in total. The Morgan fingerprint density at radius 3 is 2.58 bits per heavy atom. The molecule has 4 heterocycles. The zero-order valence-electron chi connectivity index (χ0n) is 18.9. The summed E-state index contributed by atoms with van der Waals surface area (Å²) < 4.78 is 62.0. The summed E-state index contributed by atoms with van der Waals surface area (Å²) in [6.07, 6.45) is -2.94. The maximum absolute atomic E-state index is 14.9. The minimum atomic E-state index is -4.93. The van der Waals surface area contributed by atoms with Crippen molar-refractivity contribution >= 4 is 22.6 Å². The third kappa shape index (κ3) is 4.32. The van der Waals surface area contributed by atoms with Gasteiger partial charge in [0.1, 0.15) is 34.7 Å². The number of aromatic nitrogens is 7. The first-order chi connectivity index (χ1) is 17.0. The molecule has 1 fully saturated rings. The summed E-state index contributed by atoms with van der Waals surface area (Å²) in [5, 5.41) is 8.40. The fourth-order valence-corrected chi connectivity index (χ4v) is 4.37. The lowest BCUT2D eigenvalue weighted by atomic mass is 9.93. The van der Waals surface area contributed by atoms with Crippen molar-refractivity contribution in [3.63, 3.8) is 0 Å². The van der Waals surface area contributed by atoms with Gasteiger partial charge >= 0.3 is 6.18 Å². The number of halogens is 5. The molecule has 0 amide bonds.